The van der Waals surface area contributed by atoms with Crippen molar-refractivity contribution in [1.82, 2.24) is 10.2 Å². The molecule has 3 heteroatoms. The number of amides is 1. The predicted octanol–water partition coefficient (Wildman–Crippen LogP) is 2.10. The van der Waals surface area contributed by atoms with Crippen molar-refractivity contribution in [2.75, 3.05) is 27.2 Å². The number of nitrogens with zero attached hydrogens (tertiary/aromatic N) is 1. The minimum atomic E-state index is 0.00200. The molecule has 0 aliphatic rings. The maximum Gasteiger partial charge on any atom is 0.251 e. The van der Waals surface area contributed by atoms with Gasteiger partial charge in [0.2, 0.25) is 0 Å². The Morgan fingerprint density at radius 3 is 2.29 bits per heavy atom. The molecule has 0 heterocycles. The first-order valence-electron chi connectivity index (χ1n) is 6.03. The second-order valence-electron chi connectivity index (χ2n) is 4.84. The minimum Gasteiger partial charge on any atom is -0.351 e. The van der Waals surface area contributed by atoms with Gasteiger partial charge in [0.15, 0.2) is 0 Å². The van der Waals surface area contributed by atoms with Crippen LogP contribution < -0.4 is 5.32 Å². The van der Waals surface area contributed by atoms with Crippen LogP contribution in [0, 0.1) is 0 Å². The van der Waals surface area contributed by atoms with Gasteiger partial charge < -0.3 is 10.2 Å². The summed E-state index contributed by atoms with van der Waals surface area (Å²) >= 11 is 0. The van der Waals surface area contributed by atoms with Crippen LogP contribution in [0.1, 0.15) is 35.7 Å². The van der Waals surface area contributed by atoms with Crippen LogP contribution in [0.3, 0.4) is 0 Å². The van der Waals surface area contributed by atoms with Crippen molar-refractivity contribution in [3.63, 3.8) is 0 Å². The Balaban J connectivity index is 2.52. The van der Waals surface area contributed by atoms with E-state index in [1.165, 1.54) is 5.56 Å². The topological polar surface area (TPSA) is 32.3 Å². The third-order valence-electron chi connectivity index (χ3n) is 2.68. The number of likely N-dealkylation sites (N-methyl/N-ethyl adjacent to an activating group) is 1. The normalized spacial score (nSPS) is 10.9. The Kier molecular flexibility index (Phi) is 5.16. The smallest absolute Gasteiger partial charge is 0.251 e. The molecule has 1 amide bonds. The fraction of sp³-hybridized carbons (Fsp3) is 0.500. The molecule has 1 aromatic carbocycles. The van der Waals surface area contributed by atoms with Crippen molar-refractivity contribution >= 4 is 5.91 Å². The van der Waals surface area contributed by atoms with Gasteiger partial charge >= 0.3 is 0 Å². The Bertz CT molecular complexity index is 355. The first-order valence-corrected chi connectivity index (χ1v) is 6.03. The highest BCUT2D eigenvalue weighted by Crippen LogP contribution is 2.14. The molecule has 0 aliphatic heterocycles. The lowest BCUT2D eigenvalue weighted by Crippen LogP contribution is -2.31. The van der Waals surface area contributed by atoms with Crippen molar-refractivity contribution in [1.29, 1.82) is 0 Å². The van der Waals surface area contributed by atoms with E-state index in [9.17, 15) is 4.79 Å². The molecule has 1 aromatic rings. The van der Waals surface area contributed by atoms with Crippen molar-refractivity contribution in [2.24, 2.45) is 0 Å². The molecule has 0 saturated carbocycles. The maximum atomic E-state index is 11.8. The third-order valence-corrected chi connectivity index (χ3v) is 2.68. The summed E-state index contributed by atoms with van der Waals surface area (Å²) in [5.74, 6) is 0.503. The number of nitrogens with one attached hydrogen (secondary N) is 1. The molecule has 1 rings (SSSR count). The van der Waals surface area contributed by atoms with Crippen molar-refractivity contribution in [3.05, 3.63) is 35.4 Å². The molecule has 0 spiro atoms. The Morgan fingerprint density at radius 2 is 1.82 bits per heavy atom. The summed E-state index contributed by atoms with van der Waals surface area (Å²) in [6.07, 6.45) is 0. The van der Waals surface area contributed by atoms with E-state index >= 15 is 0 Å². The summed E-state index contributed by atoms with van der Waals surface area (Å²) in [5.41, 5.74) is 1.99. The Hall–Kier alpha value is -1.35. The van der Waals surface area contributed by atoms with Crippen molar-refractivity contribution in [2.45, 2.75) is 19.8 Å². The average Bonchev–Trinajstić information content (AvgIpc) is 2.28. The predicted molar refractivity (Wildman–Crippen MR) is 71.4 cm³/mol. The summed E-state index contributed by atoms with van der Waals surface area (Å²) in [7, 11) is 3.98. The van der Waals surface area contributed by atoms with E-state index in [0.717, 1.165) is 12.1 Å². The summed E-state index contributed by atoms with van der Waals surface area (Å²) in [4.78, 5) is 13.8. The Morgan fingerprint density at radius 1 is 1.24 bits per heavy atom. The van der Waals surface area contributed by atoms with Crippen LogP contribution in [0.4, 0.5) is 0 Å². The van der Waals surface area contributed by atoms with E-state index in [2.05, 4.69) is 19.2 Å². The monoisotopic (exact) mass is 234 g/mol. The number of hydrogen-bond acceptors (Lipinski definition) is 2. The first kappa shape index (κ1) is 13.7. The largest absolute Gasteiger partial charge is 0.351 e. The highest BCUT2D eigenvalue weighted by molar-refractivity contribution is 5.94. The Labute approximate surface area is 104 Å². The van der Waals surface area contributed by atoms with Crippen LogP contribution in [-0.2, 0) is 0 Å². The molecule has 0 bridgehead atoms. The second kappa shape index (κ2) is 6.40. The van der Waals surface area contributed by atoms with Gasteiger partial charge in [0.05, 0.1) is 0 Å². The zero-order valence-electron chi connectivity index (χ0n) is 11.2. The van der Waals surface area contributed by atoms with Crippen LogP contribution >= 0.6 is 0 Å². The fourth-order valence-corrected chi connectivity index (χ4v) is 1.51. The molecular formula is C14H22N2O. The van der Waals surface area contributed by atoms with E-state index in [-0.39, 0.29) is 5.91 Å². The quantitative estimate of drug-likeness (QED) is 0.846. The molecule has 3 nitrogen and oxygen atoms in total. The lowest BCUT2D eigenvalue weighted by atomic mass is 10.0. The number of carbonyl (C=O) groups excluding carboxylic acids is 1. The molecule has 0 atom stereocenters. The van der Waals surface area contributed by atoms with E-state index in [1.54, 1.807) is 0 Å². The second-order valence-corrected chi connectivity index (χ2v) is 4.84. The van der Waals surface area contributed by atoms with Gasteiger partial charge in [0.1, 0.15) is 0 Å². The molecule has 0 aromatic heterocycles. The summed E-state index contributed by atoms with van der Waals surface area (Å²) in [6.45, 7) is 5.83. The van der Waals surface area contributed by atoms with Crippen molar-refractivity contribution < 1.29 is 4.79 Å². The number of carbonyl (C=O) groups is 1. The minimum absolute atomic E-state index is 0.00200. The molecule has 0 radical (unpaired) electrons. The van der Waals surface area contributed by atoms with Crippen molar-refractivity contribution in [3.8, 4) is 0 Å². The van der Waals surface area contributed by atoms with E-state index < -0.39 is 0 Å². The molecule has 0 saturated heterocycles. The fourth-order valence-electron chi connectivity index (χ4n) is 1.51. The van der Waals surface area contributed by atoms with Gasteiger partial charge in [-0.2, -0.15) is 0 Å². The molecule has 94 valence electrons. The average molecular weight is 234 g/mol. The van der Waals surface area contributed by atoms with Gasteiger partial charge in [-0.3, -0.25) is 4.79 Å². The molecule has 1 N–H and O–H groups in total. The molecule has 0 aliphatic carbocycles. The number of rotatable bonds is 5. The van der Waals surface area contributed by atoms with Crippen LogP contribution in [0.15, 0.2) is 24.3 Å². The zero-order valence-corrected chi connectivity index (χ0v) is 11.2. The van der Waals surface area contributed by atoms with Crippen LogP contribution in [0.5, 0.6) is 0 Å². The van der Waals surface area contributed by atoms with E-state index in [1.807, 2.05) is 43.3 Å². The van der Waals surface area contributed by atoms with Gasteiger partial charge in [-0.05, 0) is 37.7 Å². The summed E-state index contributed by atoms with van der Waals surface area (Å²) < 4.78 is 0. The highest BCUT2D eigenvalue weighted by Gasteiger charge is 2.05. The lowest BCUT2D eigenvalue weighted by molar-refractivity contribution is 0.0951. The summed E-state index contributed by atoms with van der Waals surface area (Å²) in [6, 6.07) is 7.82. The number of hydrogen-bond donors (Lipinski definition) is 1. The third kappa shape index (κ3) is 4.57. The molecular weight excluding hydrogens is 212 g/mol. The van der Waals surface area contributed by atoms with Gasteiger partial charge in [-0.15, -0.1) is 0 Å². The SMILES string of the molecule is CC(C)c1ccc(C(=O)NCCN(C)C)cc1. The lowest BCUT2D eigenvalue weighted by Gasteiger charge is -2.11. The van der Waals surface area contributed by atoms with Gasteiger partial charge in [-0.1, -0.05) is 26.0 Å². The van der Waals surface area contributed by atoms with E-state index in [0.29, 0.717) is 12.5 Å². The van der Waals surface area contributed by atoms with Gasteiger partial charge in [0.25, 0.3) is 5.91 Å². The van der Waals surface area contributed by atoms with Gasteiger partial charge in [0, 0.05) is 18.7 Å². The molecule has 17 heavy (non-hydrogen) atoms. The van der Waals surface area contributed by atoms with E-state index in [4.69, 9.17) is 0 Å². The standard InChI is InChI=1S/C14H22N2O/c1-11(2)12-5-7-13(8-6-12)14(17)15-9-10-16(3)4/h5-8,11H,9-10H2,1-4H3,(H,15,17). The van der Waals surface area contributed by atoms with Crippen LogP contribution in [-0.4, -0.2) is 38.0 Å². The van der Waals surface area contributed by atoms with Crippen LogP contribution in [0.2, 0.25) is 0 Å². The van der Waals surface area contributed by atoms with Gasteiger partial charge in [-0.25, -0.2) is 0 Å². The zero-order chi connectivity index (χ0) is 12.8. The molecule has 0 fully saturated rings. The summed E-state index contributed by atoms with van der Waals surface area (Å²) in [5, 5.41) is 2.90. The van der Waals surface area contributed by atoms with Crippen LogP contribution in [0.25, 0.3) is 0 Å². The molecule has 0 unspecified atom stereocenters. The first-order chi connectivity index (χ1) is 8.00. The number of benzene rings is 1. The maximum absolute atomic E-state index is 11.8. The highest BCUT2D eigenvalue weighted by atomic mass is 16.1.